The molecular weight excluding hydrogens is 450 g/mol. The van der Waals surface area contributed by atoms with Crippen molar-refractivity contribution in [3.05, 3.63) is 102 Å². The number of benzene rings is 3. The van der Waals surface area contributed by atoms with Gasteiger partial charge < -0.3 is 4.57 Å². The third-order valence-electron chi connectivity index (χ3n) is 5.83. The van der Waals surface area contributed by atoms with Crippen molar-refractivity contribution < 1.29 is 8.42 Å². The summed E-state index contributed by atoms with van der Waals surface area (Å²) in [5, 5.41) is 6.48. The lowest BCUT2D eigenvalue weighted by Crippen LogP contribution is -2.16. The van der Waals surface area contributed by atoms with E-state index in [1.807, 2.05) is 53.2 Å². The lowest BCUT2D eigenvalue weighted by Gasteiger charge is -2.08. The second-order valence-corrected chi connectivity index (χ2v) is 9.45. The Bertz CT molecular complexity index is 1890. The van der Waals surface area contributed by atoms with Gasteiger partial charge in [-0.25, -0.2) is 27.9 Å². The highest BCUT2D eigenvalue weighted by Crippen LogP contribution is 2.34. The first-order valence-electron chi connectivity index (χ1n) is 10.4. The van der Waals surface area contributed by atoms with E-state index in [1.54, 1.807) is 24.3 Å². The van der Waals surface area contributed by atoms with E-state index in [0.717, 1.165) is 11.1 Å². The first kappa shape index (κ1) is 20.3. The van der Waals surface area contributed by atoms with Crippen LogP contribution in [0.5, 0.6) is 0 Å². The van der Waals surface area contributed by atoms with E-state index in [-0.39, 0.29) is 10.5 Å². The molecule has 0 amide bonds. The van der Waals surface area contributed by atoms with Crippen LogP contribution >= 0.6 is 0 Å². The Balaban J connectivity index is 1.73. The number of sulfonamides is 1. The molecule has 0 saturated heterocycles. The highest BCUT2D eigenvalue weighted by Gasteiger charge is 2.19. The lowest BCUT2D eigenvalue weighted by atomic mass is 10.1. The standard InChI is InChI=1S/C25H17N5O3S/c26-34(32,33)18-12-10-17(11-13-18)29-14-20(16-6-2-1-3-7-16)22-23(29)27-15-30-24(22)28-21-9-5-4-8-19(21)25(30)31/h1-15H,(H2,26,32,33). The van der Waals surface area contributed by atoms with E-state index in [4.69, 9.17) is 10.1 Å². The largest absolute Gasteiger partial charge is 0.301 e. The molecular formula is C25H17N5O3S. The quantitative estimate of drug-likeness (QED) is 0.400. The molecule has 0 aliphatic carbocycles. The van der Waals surface area contributed by atoms with Crippen LogP contribution in [-0.2, 0) is 10.0 Å². The number of aromatic nitrogens is 4. The average Bonchev–Trinajstić information content (AvgIpc) is 3.25. The molecule has 0 spiro atoms. The maximum Gasteiger partial charge on any atom is 0.266 e. The molecule has 34 heavy (non-hydrogen) atoms. The van der Waals surface area contributed by atoms with Crippen molar-refractivity contribution in [2.75, 3.05) is 0 Å². The van der Waals surface area contributed by atoms with E-state index >= 15 is 0 Å². The molecule has 0 unspecified atom stereocenters. The molecule has 0 saturated carbocycles. The predicted octanol–water partition coefficient (Wildman–Crippen LogP) is 3.50. The number of hydrogen-bond acceptors (Lipinski definition) is 5. The normalized spacial score (nSPS) is 12.0. The van der Waals surface area contributed by atoms with Gasteiger partial charge in [0.1, 0.15) is 6.33 Å². The van der Waals surface area contributed by atoms with E-state index in [9.17, 15) is 13.2 Å². The number of fused-ring (bicyclic) bond motifs is 4. The second kappa shape index (κ2) is 7.34. The fourth-order valence-electron chi connectivity index (χ4n) is 4.21. The van der Waals surface area contributed by atoms with Crippen LogP contribution in [0.1, 0.15) is 0 Å². The first-order valence-corrected chi connectivity index (χ1v) is 12.0. The Hall–Kier alpha value is -4.34. The number of rotatable bonds is 3. The molecule has 6 aromatic rings. The number of primary sulfonamides is 1. The highest BCUT2D eigenvalue weighted by atomic mass is 32.2. The summed E-state index contributed by atoms with van der Waals surface area (Å²) in [6.07, 6.45) is 3.39. The molecule has 0 atom stereocenters. The van der Waals surface area contributed by atoms with E-state index in [0.29, 0.717) is 33.3 Å². The van der Waals surface area contributed by atoms with Crippen LogP contribution in [0.3, 0.4) is 0 Å². The Kier molecular flexibility index (Phi) is 4.38. The molecule has 9 heteroatoms. The van der Waals surface area contributed by atoms with Gasteiger partial charge in [-0.15, -0.1) is 0 Å². The van der Waals surface area contributed by atoms with Gasteiger partial charge in [-0.05, 0) is 42.0 Å². The Labute approximate surface area is 193 Å². The summed E-state index contributed by atoms with van der Waals surface area (Å²) in [6, 6.07) is 23.2. The number of nitrogens with two attached hydrogens (primary N) is 1. The Morgan fingerprint density at radius 3 is 2.26 bits per heavy atom. The summed E-state index contributed by atoms with van der Waals surface area (Å²) in [6.45, 7) is 0. The third kappa shape index (κ3) is 3.10. The van der Waals surface area contributed by atoms with Crippen LogP contribution in [0.25, 0.3) is 44.4 Å². The minimum Gasteiger partial charge on any atom is -0.301 e. The molecule has 3 aromatic carbocycles. The van der Waals surface area contributed by atoms with E-state index < -0.39 is 10.0 Å². The first-order chi connectivity index (χ1) is 16.4. The number of para-hydroxylation sites is 1. The topological polar surface area (TPSA) is 112 Å². The molecule has 2 N–H and O–H groups in total. The summed E-state index contributed by atoms with van der Waals surface area (Å²) < 4.78 is 26.7. The van der Waals surface area contributed by atoms with Gasteiger partial charge >= 0.3 is 0 Å². The van der Waals surface area contributed by atoms with Crippen molar-refractivity contribution in [3.63, 3.8) is 0 Å². The van der Waals surface area contributed by atoms with Crippen LogP contribution in [0.2, 0.25) is 0 Å². The Morgan fingerprint density at radius 1 is 0.824 bits per heavy atom. The van der Waals surface area contributed by atoms with Gasteiger partial charge in [0.2, 0.25) is 10.0 Å². The zero-order valence-electron chi connectivity index (χ0n) is 17.7. The summed E-state index contributed by atoms with van der Waals surface area (Å²) in [7, 11) is -3.81. The zero-order valence-corrected chi connectivity index (χ0v) is 18.5. The molecule has 0 aliphatic rings. The summed E-state index contributed by atoms with van der Waals surface area (Å²) >= 11 is 0. The van der Waals surface area contributed by atoms with Gasteiger partial charge in [0.15, 0.2) is 11.3 Å². The van der Waals surface area contributed by atoms with Crippen LogP contribution < -0.4 is 10.7 Å². The Morgan fingerprint density at radius 2 is 1.53 bits per heavy atom. The van der Waals surface area contributed by atoms with Crippen LogP contribution in [0, 0.1) is 0 Å². The van der Waals surface area contributed by atoms with Gasteiger partial charge in [-0.1, -0.05) is 42.5 Å². The lowest BCUT2D eigenvalue weighted by molar-refractivity contribution is 0.598. The minimum absolute atomic E-state index is 0.0223. The third-order valence-corrected chi connectivity index (χ3v) is 6.76. The number of nitrogens with zero attached hydrogens (tertiary/aromatic N) is 4. The fourth-order valence-corrected chi connectivity index (χ4v) is 4.73. The molecule has 0 bridgehead atoms. The number of hydrogen-bond donors (Lipinski definition) is 1. The predicted molar refractivity (Wildman–Crippen MR) is 130 cm³/mol. The summed E-state index contributed by atoms with van der Waals surface area (Å²) in [5.41, 5.74) is 3.96. The van der Waals surface area contributed by atoms with Crippen molar-refractivity contribution in [3.8, 4) is 16.8 Å². The van der Waals surface area contributed by atoms with Gasteiger partial charge in [0, 0.05) is 17.4 Å². The molecule has 166 valence electrons. The van der Waals surface area contributed by atoms with Gasteiger partial charge in [0.05, 0.1) is 21.2 Å². The van der Waals surface area contributed by atoms with Gasteiger partial charge in [-0.3, -0.25) is 4.79 Å². The summed E-state index contributed by atoms with van der Waals surface area (Å²) in [5.74, 6) is 0. The molecule has 8 nitrogen and oxygen atoms in total. The van der Waals surface area contributed by atoms with Crippen molar-refractivity contribution in [2.45, 2.75) is 4.90 Å². The second-order valence-electron chi connectivity index (χ2n) is 7.89. The van der Waals surface area contributed by atoms with Crippen molar-refractivity contribution in [1.29, 1.82) is 0 Å². The molecule has 3 aromatic heterocycles. The van der Waals surface area contributed by atoms with Gasteiger partial charge in [0.25, 0.3) is 5.56 Å². The smallest absolute Gasteiger partial charge is 0.266 e. The average molecular weight is 468 g/mol. The molecule has 0 aliphatic heterocycles. The summed E-state index contributed by atoms with van der Waals surface area (Å²) in [4.78, 5) is 22.7. The maximum absolute atomic E-state index is 13.2. The zero-order chi connectivity index (χ0) is 23.4. The molecule has 0 fully saturated rings. The molecule has 3 heterocycles. The minimum atomic E-state index is -3.81. The molecule has 0 radical (unpaired) electrons. The van der Waals surface area contributed by atoms with Crippen LogP contribution in [-0.4, -0.2) is 27.4 Å². The maximum atomic E-state index is 13.2. The van der Waals surface area contributed by atoms with Crippen LogP contribution in [0.15, 0.2) is 101 Å². The van der Waals surface area contributed by atoms with E-state index in [1.165, 1.54) is 22.9 Å². The van der Waals surface area contributed by atoms with Crippen molar-refractivity contribution in [1.82, 2.24) is 18.9 Å². The van der Waals surface area contributed by atoms with Crippen LogP contribution in [0.4, 0.5) is 0 Å². The monoisotopic (exact) mass is 467 g/mol. The van der Waals surface area contributed by atoms with E-state index in [2.05, 4.69) is 4.98 Å². The van der Waals surface area contributed by atoms with Gasteiger partial charge in [-0.2, -0.15) is 0 Å². The fraction of sp³-hybridized carbons (Fsp3) is 0. The highest BCUT2D eigenvalue weighted by molar-refractivity contribution is 7.89. The molecule has 6 rings (SSSR count). The van der Waals surface area contributed by atoms with Crippen molar-refractivity contribution in [2.24, 2.45) is 5.14 Å². The SMILES string of the molecule is NS(=O)(=O)c1ccc(-n2cc(-c3ccccc3)c3c2ncn2c(=O)c4ccccc4nc32)cc1. The van der Waals surface area contributed by atoms with Crippen molar-refractivity contribution >= 4 is 37.6 Å².